The summed E-state index contributed by atoms with van der Waals surface area (Å²) in [5, 5.41) is 5.83. The lowest BCUT2D eigenvalue weighted by molar-refractivity contribution is -0.117. The molecular weight excluding hydrogens is 330 g/mol. The molecule has 0 radical (unpaired) electrons. The molecule has 0 aliphatic heterocycles. The highest BCUT2D eigenvalue weighted by molar-refractivity contribution is 5.99. The normalized spacial score (nSPS) is 14.6. The number of carbonyl (C=O) groups is 3. The number of aromatic nitrogens is 1. The molecule has 1 saturated carbocycles. The van der Waals surface area contributed by atoms with Crippen LogP contribution in [0.25, 0.3) is 0 Å². The maximum absolute atomic E-state index is 12.5. The van der Waals surface area contributed by atoms with Gasteiger partial charge in [-0.3, -0.25) is 14.4 Å². The van der Waals surface area contributed by atoms with Crippen LogP contribution in [0, 0.1) is 5.92 Å². The van der Waals surface area contributed by atoms with Crippen LogP contribution in [-0.2, 0) is 11.8 Å². The van der Waals surface area contributed by atoms with E-state index in [1.807, 2.05) is 31.2 Å². The first kappa shape index (κ1) is 17.9. The maximum Gasteiger partial charge on any atom is 0.268 e. The summed E-state index contributed by atoms with van der Waals surface area (Å²) in [5.74, 6) is -0.0719. The molecule has 2 amide bonds. The summed E-state index contributed by atoms with van der Waals surface area (Å²) in [4.78, 5) is 35.7. The van der Waals surface area contributed by atoms with Crippen molar-refractivity contribution in [1.29, 1.82) is 0 Å². The Hall–Kier alpha value is -2.89. The molecular formula is C20H23N3O3. The van der Waals surface area contributed by atoms with Crippen molar-refractivity contribution in [2.45, 2.75) is 32.7 Å². The van der Waals surface area contributed by atoms with Gasteiger partial charge >= 0.3 is 0 Å². The summed E-state index contributed by atoms with van der Waals surface area (Å²) in [6.45, 7) is 3.37. The van der Waals surface area contributed by atoms with E-state index in [0.717, 1.165) is 24.1 Å². The molecule has 1 aromatic heterocycles. The van der Waals surface area contributed by atoms with Crippen molar-refractivity contribution in [2.75, 3.05) is 5.32 Å². The van der Waals surface area contributed by atoms with Crippen LogP contribution in [0.3, 0.4) is 0 Å². The Morgan fingerprint density at radius 1 is 1.15 bits per heavy atom. The molecule has 1 aliphatic rings. The van der Waals surface area contributed by atoms with Gasteiger partial charge in [0.15, 0.2) is 5.78 Å². The largest absolute Gasteiger partial charge is 0.346 e. The number of benzene rings is 1. The third-order valence-electron chi connectivity index (χ3n) is 4.62. The highest BCUT2D eigenvalue weighted by Gasteiger charge is 2.29. The number of rotatable bonds is 6. The van der Waals surface area contributed by atoms with E-state index < -0.39 is 0 Å². The van der Waals surface area contributed by atoms with Gasteiger partial charge in [0, 0.05) is 30.4 Å². The van der Waals surface area contributed by atoms with Gasteiger partial charge in [0.05, 0.1) is 6.04 Å². The molecule has 1 heterocycles. The second kappa shape index (κ2) is 7.15. The minimum Gasteiger partial charge on any atom is -0.346 e. The van der Waals surface area contributed by atoms with Crippen molar-refractivity contribution >= 4 is 23.3 Å². The van der Waals surface area contributed by atoms with E-state index in [0.29, 0.717) is 11.3 Å². The molecule has 1 atom stereocenters. The van der Waals surface area contributed by atoms with Crippen LogP contribution in [0.15, 0.2) is 36.5 Å². The number of hydrogen-bond acceptors (Lipinski definition) is 3. The molecule has 6 heteroatoms. The lowest BCUT2D eigenvalue weighted by atomic mass is 10.1. The second-order valence-electron chi connectivity index (χ2n) is 6.86. The molecule has 0 bridgehead atoms. The van der Waals surface area contributed by atoms with E-state index in [2.05, 4.69) is 10.6 Å². The Balaban J connectivity index is 1.63. The van der Waals surface area contributed by atoms with Gasteiger partial charge in [0.2, 0.25) is 5.91 Å². The van der Waals surface area contributed by atoms with Crippen LogP contribution < -0.4 is 10.6 Å². The summed E-state index contributed by atoms with van der Waals surface area (Å²) in [6, 6.07) is 8.86. The van der Waals surface area contributed by atoms with Gasteiger partial charge in [0.1, 0.15) is 5.69 Å². The predicted molar refractivity (Wildman–Crippen MR) is 99.1 cm³/mol. The van der Waals surface area contributed by atoms with Crippen LogP contribution in [0.5, 0.6) is 0 Å². The third kappa shape index (κ3) is 4.02. The van der Waals surface area contributed by atoms with Gasteiger partial charge in [-0.05, 0) is 50.5 Å². The number of nitrogens with one attached hydrogen (secondary N) is 2. The molecule has 1 aromatic carbocycles. The Kier molecular flexibility index (Phi) is 4.93. The average molecular weight is 353 g/mol. The van der Waals surface area contributed by atoms with E-state index in [9.17, 15) is 14.4 Å². The number of Topliss-reactive ketones (excluding diaryl/α,β-unsaturated/α-hetero) is 1. The molecule has 136 valence electrons. The van der Waals surface area contributed by atoms with Gasteiger partial charge in [-0.2, -0.15) is 0 Å². The Bertz CT molecular complexity index is 848. The van der Waals surface area contributed by atoms with E-state index in [4.69, 9.17) is 0 Å². The standard InChI is InChI=1S/C20H23N3O3/c1-12(21-20(26)18-10-16(13(2)24)11-23(18)3)14-6-8-17(9-7-14)22-19(25)15-4-5-15/h6-12,15H,4-5H2,1-3H3,(H,21,26)(H,22,25)/t12-/m0/s1. The van der Waals surface area contributed by atoms with Gasteiger partial charge in [0.25, 0.3) is 5.91 Å². The summed E-state index contributed by atoms with van der Waals surface area (Å²) in [5.41, 5.74) is 2.65. The lowest BCUT2D eigenvalue weighted by Gasteiger charge is -2.15. The smallest absolute Gasteiger partial charge is 0.268 e. The highest BCUT2D eigenvalue weighted by atomic mass is 16.2. The number of amides is 2. The zero-order valence-corrected chi connectivity index (χ0v) is 15.2. The first-order chi connectivity index (χ1) is 12.3. The van der Waals surface area contributed by atoms with E-state index in [1.165, 1.54) is 6.92 Å². The van der Waals surface area contributed by atoms with Crippen molar-refractivity contribution in [2.24, 2.45) is 13.0 Å². The summed E-state index contributed by atoms with van der Waals surface area (Å²) in [6.07, 6.45) is 3.59. The predicted octanol–water partition coefficient (Wildman–Crippen LogP) is 3.07. The minimum absolute atomic E-state index is 0.0727. The Morgan fingerprint density at radius 3 is 2.35 bits per heavy atom. The van der Waals surface area contributed by atoms with Crippen molar-refractivity contribution in [3.8, 4) is 0 Å². The number of hydrogen-bond donors (Lipinski definition) is 2. The summed E-state index contributed by atoms with van der Waals surface area (Å²) in [7, 11) is 1.74. The van der Waals surface area contributed by atoms with E-state index in [-0.39, 0.29) is 29.6 Å². The second-order valence-corrected chi connectivity index (χ2v) is 6.86. The molecule has 2 aromatic rings. The monoisotopic (exact) mass is 353 g/mol. The van der Waals surface area contributed by atoms with Crippen LogP contribution in [0.2, 0.25) is 0 Å². The fourth-order valence-electron chi connectivity index (χ4n) is 2.78. The van der Waals surface area contributed by atoms with Crippen LogP contribution in [-0.4, -0.2) is 22.2 Å². The Morgan fingerprint density at radius 2 is 1.81 bits per heavy atom. The van der Waals surface area contributed by atoms with Crippen molar-refractivity contribution in [1.82, 2.24) is 9.88 Å². The number of ketones is 1. The molecule has 3 rings (SSSR count). The highest BCUT2D eigenvalue weighted by Crippen LogP contribution is 2.30. The van der Waals surface area contributed by atoms with Crippen molar-refractivity contribution in [3.63, 3.8) is 0 Å². The quantitative estimate of drug-likeness (QED) is 0.783. The fourth-order valence-corrected chi connectivity index (χ4v) is 2.78. The lowest BCUT2D eigenvalue weighted by Crippen LogP contribution is -2.28. The molecule has 6 nitrogen and oxygen atoms in total. The SMILES string of the molecule is CC(=O)c1cc(C(=O)N[C@@H](C)c2ccc(NC(=O)C3CC3)cc2)n(C)c1. The molecule has 1 aliphatic carbocycles. The number of anilines is 1. The molecule has 26 heavy (non-hydrogen) atoms. The molecule has 0 spiro atoms. The van der Waals surface area contributed by atoms with Crippen LogP contribution in [0.4, 0.5) is 5.69 Å². The minimum atomic E-state index is -0.237. The van der Waals surface area contributed by atoms with Gasteiger partial charge in [-0.25, -0.2) is 0 Å². The first-order valence-corrected chi connectivity index (χ1v) is 8.74. The average Bonchev–Trinajstić information content (AvgIpc) is 3.37. The summed E-state index contributed by atoms with van der Waals surface area (Å²) < 4.78 is 1.65. The summed E-state index contributed by atoms with van der Waals surface area (Å²) >= 11 is 0. The molecule has 0 unspecified atom stereocenters. The van der Waals surface area contributed by atoms with Crippen LogP contribution >= 0.6 is 0 Å². The zero-order chi connectivity index (χ0) is 18.8. The van der Waals surface area contributed by atoms with Gasteiger partial charge in [-0.1, -0.05) is 12.1 Å². The fraction of sp³-hybridized carbons (Fsp3) is 0.350. The van der Waals surface area contributed by atoms with Crippen molar-refractivity contribution in [3.05, 3.63) is 53.3 Å². The molecule has 0 saturated heterocycles. The topological polar surface area (TPSA) is 80.2 Å². The van der Waals surface area contributed by atoms with Gasteiger partial charge < -0.3 is 15.2 Å². The van der Waals surface area contributed by atoms with E-state index in [1.54, 1.807) is 23.9 Å². The molecule has 1 fully saturated rings. The zero-order valence-electron chi connectivity index (χ0n) is 15.2. The van der Waals surface area contributed by atoms with Gasteiger partial charge in [-0.15, -0.1) is 0 Å². The number of carbonyl (C=O) groups excluding carboxylic acids is 3. The van der Waals surface area contributed by atoms with Crippen LogP contribution in [0.1, 0.15) is 59.1 Å². The molecule has 2 N–H and O–H groups in total. The Labute approximate surface area is 152 Å². The van der Waals surface area contributed by atoms with Crippen molar-refractivity contribution < 1.29 is 14.4 Å². The number of aryl methyl sites for hydroxylation is 1. The first-order valence-electron chi connectivity index (χ1n) is 8.74. The maximum atomic E-state index is 12.5. The van der Waals surface area contributed by atoms with E-state index >= 15 is 0 Å². The number of nitrogens with zero attached hydrogens (tertiary/aromatic N) is 1. The third-order valence-corrected chi connectivity index (χ3v) is 4.62.